The maximum atomic E-state index is 13.2. The molecule has 5 heteroatoms. The molecule has 0 aliphatic heterocycles. The molecule has 0 amide bonds. The summed E-state index contributed by atoms with van der Waals surface area (Å²) in [6.45, 7) is 3.26. The van der Waals surface area contributed by atoms with Crippen LogP contribution in [0.3, 0.4) is 0 Å². The third-order valence-electron chi connectivity index (χ3n) is 2.36. The average molecular weight is 242 g/mol. The summed E-state index contributed by atoms with van der Waals surface area (Å²) in [7, 11) is 0. The number of hydrogen-bond acceptors (Lipinski definition) is 4. The van der Waals surface area contributed by atoms with Crippen molar-refractivity contribution in [2.24, 2.45) is 0 Å². The minimum atomic E-state index is -1.71. The van der Waals surface area contributed by atoms with Crippen LogP contribution in [0.25, 0.3) is 0 Å². The van der Waals surface area contributed by atoms with E-state index in [2.05, 4.69) is 4.74 Å². The minimum Gasteiger partial charge on any atom is -0.464 e. The van der Waals surface area contributed by atoms with Crippen LogP contribution in [0.1, 0.15) is 24.2 Å². The highest BCUT2D eigenvalue weighted by atomic mass is 19.1. The number of rotatable bonds is 4. The van der Waals surface area contributed by atoms with Gasteiger partial charge in [0.1, 0.15) is 11.9 Å². The Bertz CT molecular complexity index is 405. The van der Waals surface area contributed by atoms with Crippen molar-refractivity contribution in [2.75, 3.05) is 6.61 Å². The summed E-state index contributed by atoms with van der Waals surface area (Å²) >= 11 is 0. The highest BCUT2D eigenvalue weighted by Gasteiger charge is 2.27. The monoisotopic (exact) mass is 242 g/mol. The molecule has 17 heavy (non-hydrogen) atoms. The van der Waals surface area contributed by atoms with E-state index in [9.17, 15) is 19.4 Å². The lowest BCUT2D eigenvalue weighted by molar-refractivity contribution is -0.159. The number of aliphatic hydroxyl groups is 2. The van der Waals surface area contributed by atoms with Crippen molar-refractivity contribution in [3.8, 4) is 0 Å². The van der Waals surface area contributed by atoms with Crippen molar-refractivity contribution < 1.29 is 24.1 Å². The van der Waals surface area contributed by atoms with Gasteiger partial charge in [-0.15, -0.1) is 0 Å². The number of aliphatic hydroxyl groups excluding tert-OH is 2. The molecule has 2 unspecified atom stereocenters. The number of halogens is 1. The number of esters is 1. The van der Waals surface area contributed by atoms with E-state index in [4.69, 9.17) is 0 Å². The molecule has 0 radical (unpaired) electrons. The van der Waals surface area contributed by atoms with E-state index < -0.39 is 24.0 Å². The lowest BCUT2D eigenvalue weighted by Crippen LogP contribution is -2.29. The van der Waals surface area contributed by atoms with Crippen LogP contribution >= 0.6 is 0 Å². The van der Waals surface area contributed by atoms with Crippen LogP contribution in [0.5, 0.6) is 0 Å². The molecular formula is C12H15FO4. The molecule has 2 N–H and O–H groups in total. The fourth-order valence-electron chi connectivity index (χ4n) is 1.33. The second-order valence-electron chi connectivity index (χ2n) is 3.65. The van der Waals surface area contributed by atoms with Crippen LogP contribution in [-0.4, -0.2) is 28.9 Å². The summed E-state index contributed by atoms with van der Waals surface area (Å²) in [5, 5.41) is 19.2. The fraction of sp³-hybridized carbons (Fsp3) is 0.417. The Morgan fingerprint density at radius 1 is 1.47 bits per heavy atom. The van der Waals surface area contributed by atoms with Crippen molar-refractivity contribution in [3.63, 3.8) is 0 Å². The Morgan fingerprint density at radius 2 is 2.12 bits per heavy atom. The van der Waals surface area contributed by atoms with Gasteiger partial charge >= 0.3 is 5.97 Å². The van der Waals surface area contributed by atoms with E-state index in [0.717, 1.165) is 6.07 Å². The van der Waals surface area contributed by atoms with Crippen LogP contribution in [0.15, 0.2) is 18.2 Å². The Balaban J connectivity index is 2.84. The van der Waals surface area contributed by atoms with E-state index in [-0.39, 0.29) is 12.2 Å². The summed E-state index contributed by atoms with van der Waals surface area (Å²) < 4.78 is 17.8. The van der Waals surface area contributed by atoms with E-state index in [1.807, 2.05) is 0 Å². The Labute approximate surface area is 98.7 Å². The summed E-state index contributed by atoms with van der Waals surface area (Å²) in [5.41, 5.74) is 0.556. The van der Waals surface area contributed by atoms with Crippen LogP contribution in [0, 0.1) is 12.7 Å². The van der Waals surface area contributed by atoms with Crippen molar-refractivity contribution >= 4 is 5.97 Å². The molecule has 94 valence electrons. The molecule has 0 aliphatic carbocycles. The zero-order chi connectivity index (χ0) is 13.0. The summed E-state index contributed by atoms with van der Waals surface area (Å²) in [6, 6.07) is 4.00. The lowest BCUT2D eigenvalue weighted by atomic mass is 10.0. The van der Waals surface area contributed by atoms with Crippen molar-refractivity contribution in [3.05, 3.63) is 35.1 Å². The summed E-state index contributed by atoms with van der Waals surface area (Å²) in [5.74, 6) is -1.43. The second kappa shape index (κ2) is 5.75. The largest absolute Gasteiger partial charge is 0.464 e. The second-order valence-corrected chi connectivity index (χ2v) is 3.65. The zero-order valence-corrected chi connectivity index (χ0v) is 9.68. The van der Waals surface area contributed by atoms with E-state index in [1.54, 1.807) is 13.8 Å². The lowest BCUT2D eigenvalue weighted by Gasteiger charge is -2.17. The first kappa shape index (κ1) is 13.6. The van der Waals surface area contributed by atoms with Gasteiger partial charge in [0.25, 0.3) is 0 Å². The number of hydrogen-bond donors (Lipinski definition) is 2. The highest BCUT2D eigenvalue weighted by molar-refractivity contribution is 5.75. The van der Waals surface area contributed by atoms with Gasteiger partial charge in [-0.25, -0.2) is 9.18 Å². The first-order valence-electron chi connectivity index (χ1n) is 5.26. The van der Waals surface area contributed by atoms with Gasteiger partial charge in [-0.1, -0.05) is 12.1 Å². The predicted molar refractivity (Wildman–Crippen MR) is 58.7 cm³/mol. The molecule has 1 aromatic rings. The quantitative estimate of drug-likeness (QED) is 0.776. The Kier molecular flexibility index (Phi) is 4.60. The minimum absolute atomic E-state index is 0.102. The molecule has 0 fully saturated rings. The molecule has 0 saturated heterocycles. The van der Waals surface area contributed by atoms with Crippen molar-refractivity contribution in [2.45, 2.75) is 26.1 Å². The first-order chi connectivity index (χ1) is 7.97. The molecule has 2 atom stereocenters. The number of aryl methyl sites for hydroxylation is 1. The van der Waals surface area contributed by atoms with Gasteiger partial charge in [-0.05, 0) is 31.0 Å². The maximum Gasteiger partial charge on any atom is 0.338 e. The number of ether oxygens (including phenoxy) is 1. The Hall–Kier alpha value is -1.46. The maximum absolute atomic E-state index is 13.2. The molecule has 0 saturated carbocycles. The highest BCUT2D eigenvalue weighted by Crippen LogP contribution is 2.20. The van der Waals surface area contributed by atoms with Crippen molar-refractivity contribution in [1.82, 2.24) is 0 Å². The van der Waals surface area contributed by atoms with Crippen molar-refractivity contribution in [1.29, 1.82) is 0 Å². The average Bonchev–Trinajstić information content (AvgIpc) is 2.31. The molecule has 0 aliphatic rings. The van der Waals surface area contributed by atoms with Gasteiger partial charge in [0.05, 0.1) is 6.61 Å². The normalized spacial score (nSPS) is 14.2. The molecule has 4 nitrogen and oxygen atoms in total. The van der Waals surface area contributed by atoms with Gasteiger partial charge in [0.15, 0.2) is 6.10 Å². The topological polar surface area (TPSA) is 66.8 Å². The molecule has 0 heterocycles. The van der Waals surface area contributed by atoms with Gasteiger partial charge in [0.2, 0.25) is 0 Å². The number of carbonyl (C=O) groups is 1. The van der Waals surface area contributed by atoms with E-state index >= 15 is 0 Å². The van der Waals surface area contributed by atoms with Gasteiger partial charge in [0, 0.05) is 0 Å². The van der Waals surface area contributed by atoms with Crippen LogP contribution in [-0.2, 0) is 9.53 Å². The van der Waals surface area contributed by atoms with Gasteiger partial charge in [-0.3, -0.25) is 0 Å². The molecular weight excluding hydrogens is 227 g/mol. The summed E-state index contributed by atoms with van der Waals surface area (Å²) in [4.78, 5) is 11.2. The van der Waals surface area contributed by atoms with E-state index in [0.29, 0.717) is 5.56 Å². The summed E-state index contributed by atoms with van der Waals surface area (Å²) in [6.07, 6.45) is -3.21. The number of carbonyl (C=O) groups excluding carboxylic acids is 1. The zero-order valence-electron chi connectivity index (χ0n) is 9.68. The Morgan fingerprint density at radius 3 is 2.65 bits per heavy atom. The smallest absolute Gasteiger partial charge is 0.338 e. The third-order valence-corrected chi connectivity index (χ3v) is 2.36. The fourth-order valence-corrected chi connectivity index (χ4v) is 1.33. The third kappa shape index (κ3) is 3.25. The molecule has 0 aromatic heterocycles. The first-order valence-corrected chi connectivity index (χ1v) is 5.26. The molecule has 0 bridgehead atoms. The predicted octanol–water partition coefficient (Wildman–Crippen LogP) is 1.09. The number of benzene rings is 1. The van der Waals surface area contributed by atoms with E-state index in [1.165, 1.54) is 12.1 Å². The molecule has 1 rings (SSSR count). The van der Waals surface area contributed by atoms with Gasteiger partial charge in [-0.2, -0.15) is 0 Å². The molecule has 1 aromatic carbocycles. The standard InChI is InChI=1S/C12H15FO4/c1-3-17-12(16)11(15)10(14)8-5-4-7(2)9(13)6-8/h4-6,10-11,14-15H,3H2,1-2H3. The SMILES string of the molecule is CCOC(=O)C(O)C(O)c1ccc(C)c(F)c1. The molecule has 0 spiro atoms. The van der Waals surface area contributed by atoms with Crippen LogP contribution in [0.2, 0.25) is 0 Å². The van der Waals surface area contributed by atoms with Crippen LogP contribution < -0.4 is 0 Å². The van der Waals surface area contributed by atoms with Crippen LogP contribution in [0.4, 0.5) is 4.39 Å². The van der Waals surface area contributed by atoms with Gasteiger partial charge < -0.3 is 14.9 Å².